The van der Waals surface area contributed by atoms with E-state index in [4.69, 9.17) is 4.98 Å². The number of amides is 1. The number of fused-ring (bicyclic) bond motifs is 1. The topological polar surface area (TPSA) is 73.9 Å². The van der Waals surface area contributed by atoms with Crippen LogP contribution in [-0.4, -0.2) is 45.4 Å². The van der Waals surface area contributed by atoms with Gasteiger partial charge in [0, 0.05) is 36.5 Å². The Morgan fingerprint density at radius 2 is 2.27 bits per heavy atom. The standard InChI is InChI=1S/C20H27N5O/c1-3-4-16(21-11-18(26)25-8-7-13(2)12-25)15-9-22-20-19(15)24-17(10-23-20)14-5-6-14/h4,9-10,13-14,21H,3,5-8,11-12H2,1-2H3,(H,22,23)/b16-4+. The minimum absolute atomic E-state index is 0.168. The number of hydrogen-bond donors (Lipinski definition) is 2. The number of aromatic nitrogens is 3. The summed E-state index contributed by atoms with van der Waals surface area (Å²) in [4.78, 5) is 27.0. The molecular weight excluding hydrogens is 326 g/mol. The van der Waals surface area contributed by atoms with E-state index in [0.29, 0.717) is 18.4 Å². The Balaban J connectivity index is 1.53. The molecule has 4 rings (SSSR count). The Hall–Kier alpha value is -2.37. The summed E-state index contributed by atoms with van der Waals surface area (Å²) < 4.78 is 0. The van der Waals surface area contributed by atoms with Gasteiger partial charge in [0.1, 0.15) is 5.52 Å². The van der Waals surface area contributed by atoms with E-state index < -0.39 is 0 Å². The van der Waals surface area contributed by atoms with E-state index in [1.807, 2.05) is 17.3 Å². The smallest absolute Gasteiger partial charge is 0.241 e. The Bertz CT molecular complexity index is 836. The summed E-state index contributed by atoms with van der Waals surface area (Å²) in [6.45, 7) is 6.36. The Labute approximate surface area is 154 Å². The molecule has 1 unspecified atom stereocenters. The molecule has 26 heavy (non-hydrogen) atoms. The fourth-order valence-corrected chi connectivity index (χ4v) is 3.61. The highest BCUT2D eigenvalue weighted by molar-refractivity contribution is 5.88. The van der Waals surface area contributed by atoms with E-state index in [2.05, 4.69) is 35.2 Å². The SMILES string of the molecule is CC/C=C(/NCC(=O)N1CCC(C)C1)c1c[nH]c2ncc(C3CC3)nc12. The fraction of sp³-hybridized carbons (Fsp3) is 0.550. The van der Waals surface area contributed by atoms with Crippen molar-refractivity contribution in [2.75, 3.05) is 19.6 Å². The summed E-state index contributed by atoms with van der Waals surface area (Å²) in [6, 6.07) is 0. The van der Waals surface area contributed by atoms with Crippen LogP contribution in [-0.2, 0) is 4.79 Å². The Kier molecular flexibility index (Phi) is 4.66. The minimum atomic E-state index is 0.168. The van der Waals surface area contributed by atoms with Crippen LogP contribution < -0.4 is 5.32 Å². The number of aromatic amines is 1. The molecule has 2 aliphatic rings. The lowest BCUT2D eigenvalue weighted by Crippen LogP contribution is -2.36. The van der Waals surface area contributed by atoms with Crippen molar-refractivity contribution in [1.82, 2.24) is 25.2 Å². The maximum atomic E-state index is 12.5. The summed E-state index contributed by atoms with van der Waals surface area (Å²) >= 11 is 0. The predicted molar refractivity (Wildman–Crippen MR) is 102 cm³/mol. The van der Waals surface area contributed by atoms with Crippen molar-refractivity contribution in [3.8, 4) is 0 Å². The van der Waals surface area contributed by atoms with Gasteiger partial charge >= 0.3 is 0 Å². The van der Waals surface area contributed by atoms with Gasteiger partial charge in [-0.2, -0.15) is 0 Å². The molecule has 0 spiro atoms. The average Bonchev–Trinajstić information content (AvgIpc) is 3.27. The van der Waals surface area contributed by atoms with Gasteiger partial charge in [-0.3, -0.25) is 4.79 Å². The number of carbonyl (C=O) groups excluding carboxylic acids is 1. The van der Waals surface area contributed by atoms with Gasteiger partial charge in [-0.25, -0.2) is 9.97 Å². The molecule has 2 aromatic heterocycles. The number of hydrogen-bond acceptors (Lipinski definition) is 4. The molecule has 2 aromatic rings. The van der Waals surface area contributed by atoms with Crippen LogP contribution in [0.15, 0.2) is 18.5 Å². The summed E-state index contributed by atoms with van der Waals surface area (Å²) in [7, 11) is 0. The highest BCUT2D eigenvalue weighted by Crippen LogP contribution is 2.39. The van der Waals surface area contributed by atoms with Crippen molar-refractivity contribution >= 4 is 22.8 Å². The normalized spacial score (nSPS) is 20.8. The molecule has 3 heterocycles. The van der Waals surface area contributed by atoms with Gasteiger partial charge in [-0.05, 0) is 31.6 Å². The lowest BCUT2D eigenvalue weighted by atomic mass is 10.2. The van der Waals surface area contributed by atoms with E-state index in [1.165, 1.54) is 12.8 Å². The molecule has 1 saturated heterocycles. The van der Waals surface area contributed by atoms with Crippen LogP contribution in [0, 0.1) is 5.92 Å². The number of rotatable bonds is 6. The molecule has 1 atom stereocenters. The molecule has 0 bridgehead atoms. The molecule has 1 aliphatic heterocycles. The van der Waals surface area contributed by atoms with Gasteiger partial charge in [0.2, 0.25) is 5.91 Å². The van der Waals surface area contributed by atoms with Gasteiger partial charge in [-0.1, -0.05) is 19.9 Å². The van der Waals surface area contributed by atoms with Gasteiger partial charge in [0.25, 0.3) is 0 Å². The number of carbonyl (C=O) groups is 1. The molecular formula is C20H27N5O. The number of allylic oxidation sites excluding steroid dienone is 1. The molecule has 0 radical (unpaired) electrons. The van der Waals surface area contributed by atoms with Crippen LogP contribution in [0.4, 0.5) is 0 Å². The molecule has 1 aliphatic carbocycles. The first-order chi connectivity index (χ1) is 12.7. The fourth-order valence-electron chi connectivity index (χ4n) is 3.61. The maximum absolute atomic E-state index is 12.5. The zero-order chi connectivity index (χ0) is 18.1. The van der Waals surface area contributed by atoms with E-state index in [9.17, 15) is 4.79 Å². The highest BCUT2D eigenvalue weighted by atomic mass is 16.2. The van der Waals surface area contributed by atoms with Gasteiger partial charge in [0.15, 0.2) is 5.65 Å². The Morgan fingerprint density at radius 3 is 2.96 bits per heavy atom. The number of H-pyrrole nitrogens is 1. The quantitative estimate of drug-likeness (QED) is 0.837. The van der Waals surface area contributed by atoms with Crippen molar-refractivity contribution in [2.45, 2.75) is 45.4 Å². The van der Waals surface area contributed by atoms with E-state index in [0.717, 1.165) is 54.0 Å². The largest absolute Gasteiger partial charge is 0.376 e. The molecule has 1 amide bonds. The molecule has 6 heteroatoms. The number of nitrogens with zero attached hydrogens (tertiary/aromatic N) is 3. The lowest BCUT2D eigenvalue weighted by Gasteiger charge is -2.17. The van der Waals surface area contributed by atoms with Crippen LogP contribution in [0.1, 0.15) is 56.7 Å². The molecule has 6 nitrogen and oxygen atoms in total. The minimum Gasteiger partial charge on any atom is -0.376 e. The van der Waals surface area contributed by atoms with E-state index in [-0.39, 0.29) is 5.91 Å². The molecule has 1 saturated carbocycles. The van der Waals surface area contributed by atoms with Crippen LogP contribution in [0.25, 0.3) is 16.9 Å². The van der Waals surface area contributed by atoms with Gasteiger partial charge in [-0.15, -0.1) is 0 Å². The van der Waals surface area contributed by atoms with Crippen molar-refractivity contribution in [3.63, 3.8) is 0 Å². The first kappa shape index (κ1) is 17.1. The van der Waals surface area contributed by atoms with Gasteiger partial charge in [0.05, 0.1) is 18.4 Å². The summed E-state index contributed by atoms with van der Waals surface area (Å²) in [5.41, 5.74) is 4.73. The number of nitrogens with one attached hydrogen (secondary N) is 2. The third kappa shape index (κ3) is 3.45. The molecule has 0 aromatic carbocycles. The van der Waals surface area contributed by atoms with E-state index in [1.54, 1.807) is 0 Å². The monoisotopic (exact) mass is 353 g/mol. The maximum Gasteiger partial charge on any atom is 0.241 e. The first-order valence-corrected chi connectivity index (χ1v) is 9.72. The number of likely N-dealkylation sites (tertiary alicyclic amines) is 1. The van der Waals surface area contributed by atoms with Crippen molar-refractivity contribution < 1.29 is 4.79 Å². The highest BCUT2D eigenvalue weighted by Gasteiger charge is 2.26. The average molecular weight is 353 g/mol. The van der Waals surface area contributed by atoms with Crippen LogP contribution in [0.3, 0.4) is 0 Å². The third-order valence-corrected chi connectivity index (χ3v) is 5.30. The zero-order valence-corrected chi connectivity index (χ0v) is 15.6. The molecule has 138 valence electrons. The summed E-state index contributed by atoms with van der Waals surface area (Å²) in [6.07, 6.45) is 10.4. The van der Waals surface area contributed by atoms with Crippen LogP contribution in [0.2, 0.25) is 0 Å². The molecule has 2 fully saturated rings. The second-order valence-electron chi connectivity index (χ2n) is 7.58. The predicted octanol–water partition coefficient (Wildman–Crippen LogP) is 3.04. The second kappa shape index (κ2) is 7.09. The second-order valence-corrected chi connectivity index (χ2v) is 7.58. The van der Waals surface area contributed by atoms with Crippen LogP contribution >= 0.6 is 0 Å². The van der Waals surface area contributed by atoms with Crippen LogP contribution in [0.5, 0.6) is 0 Å². The van der Waals surface area contributed by atoms with E-state index >= 15 is 0 Å². The lowest BCUT2D eigenvalue weighted by molar-refractivity contribution is -0.129. The Morgan fingerprint density at radius 1 is 1.42 bits per heavy atom. The van der Waals surface area contributed by atoms with Crippen molar-refractivity contribution in [3.05, 3.63) is 29.7 Å². The zero-order valence-electron chi connectivity index (χ0n) is 15.6. The van der Waals surface area contributed by atoms with Gasteiger partial charge < -0.3 is 15.2 Å². The first-order valence-electron chi connectivity index (χ1n) is 9.72. The third-order valence-electron chi connectivity index (χ3n) is 5.30. The molecule has 2 N–H and O–H groups in total. The summed E-state index contributed by atoms with van der Waals surface area (Å²) in [5.74, 6) is 1.34. The van der Waals surface area contributed by atoms with Crippen molar-refractivity contribution in [2.24, 2.45) is 5.92 Å². The van der Waals surface area contributed by atoms with Crippen molar-refractivity contribution in [1.29, 1.82) is 0 Å². The summed E-state index contributed by atoms with van der Waals surface area (Å²) in [5, 5.41) is 3.35.